The molecule has 1 heterocycles. The van der Waals surface area contributed by atoms with Crippen molar-refractivity contribution in [2.75, 3.05) is 20.0 Å². The molecule has 0 unspecified atom stereocenters. The molecule has 0 aromatic carbocycles. The quantitative estimate of drug-likeness (QED) is 0.139. The Morgan fingerprint density at radius 3 is 2.63 bits per heavy atom. The Bertz CT molecular complexity index is 664. The molecule has 0 amide bonds. The molecule has 0 saturated heterocycles. The van der Waals surface area contributed by atoms with E-state index in [0.717, 1.165) is 49.0 Å². The summed E-state index contributed by atoms with van der Waals surface area (Å²) in [6.45, 7) is 16.9. The van der Waals surface area contributed by atoms with Crippen LogP contribution in [0.1, 0.15) is 57.2 Å². The van der Waals surface area contributed by atoms with Crippen molar-refractivity contribution in [3.8, 4) is 0 Å². The summed E-state index contributed by atoms with van der Waals surface area (Å²) in [6.07, 6.45) is 8.49. The normalized spacial score (nSPS) is 15.5. The highest BCUT2D eigenvalue weighted by Crippen LogP contribution is 2.20. The van der Waals surface area contributed by atoms with Crippen LogP contribution in [-0.4, -0.2) is 44.3 Å². The number of ether oxygens (including phenoxy) is 2. The molecule has 4 nitrogen and oxygen atoms in total. The maximum atomic E-state index is 9.17. The van der Waals surface area contributed by atoms with E-state index in [1.807, 2.05) is 6.92 Å². The second-order valence-electron chi connectivity index (χ2n) is 9.64. The molecule has 0 saturated carbocycles. The summed E-state index contributed by atoms with van der Waals surface area (Å²) in [6, 6.07) is 1.15. The second-order valence-corrected chi connectivity index (χ2v) is 16.3. The summed E-state index contributed by atoms with van der Waals surface area (Å²) in [5.74, 6) is 0.383. The average Bonchev–Trinajstić information content (AvgIpc) is 3.07. The Morgan fingerprint density at radius 2 is 2.03 bits per heavy atom. The lowest BCUT2D eigenvalue weighted by atomic mass is 10.0. The highest BCUT2D eigenvalue weighted by Gasteiger charge is 2.14. The van der Waals surface area contributed by atoms with Gasteiger partial charge in [0, 0.05) is 26.7 Å². The van der Waals surface area contributed by atoms with Gasteiger partial charge in [0.05, 0.1) is 16.8 Å². The molecule has 1 N–H and O–H groups in total. The fourth-order valence-corrected chi connectivity index (χ4v) is 4.28. The van der Waals surface area contributed by atoms with Crippen molar-refractivity contribution in [1.29, 1.82) is 0 Å². The first-order valence-electron chi connectivity index (χ1n) is 11.2. The fraction of sp³-hybridized carbons (Fsp3) is 0.708. The van der Waals surface area contributed by atoms with Crippen LogP contribution < -0.4 is 0 Å². The summed E-state index contributed by atoms with van der Waals surface area (Å²) < 4.78 is 11.9. The zero-order chi connectivity index (χ0) is 22.6. The number of aryl methyl sites for hydroxylation is 1. The number of aliphatic hydroxyl groups excluding tert-OH is 1. The lowest BCUT2D eigenvalue weighted by molar-refractivity contribution is -0.0736. The minimum absolute atomic E-state index is 0.00907. The van der Waals surface area contributed by atoms with E-state index in [-0.39, 0.29) is 12.7 Å². The smallest absolute Gasteiger partial charge is 0.147 e. The van der Waals surface area contributed by atoms with E-state index in [4.69, 9.17) is 9.47 Å². The van der Waals surface area contributed by atoms with Crippen LogP contribution in [0.4, 0.5) is 0 Å². The first kappa shape index (κ1) is 27.2. The molecule has 6 heteroatoms. The molecule has 1 aromatic heterocycles. The number of rotatable bonds is 15. The molecule has 0 radical (unpaired) electrons. The molecular formula is C24H43NO3SSi. The molecule has 30 heavy (non-hydrogen) atoms. The maximum Gasteiger partial charge on any atom is 0.147 e. The minimum atomic E-state index is -1.08. The summed E-state index contributed by atoms with van der Waals surface area (Å²) in [5, 5.41) is 12.3. The molecule has 0 fully saturated rings. The number of aliphatic hydroxyl groups is 1. The van der Waals surface area contributed by atoms with Crippen LogP contribution in [0.5, 0.6) is 0 Å². The van der Waals surface area contributed by atoms with Crippen molar-refractivity contribution in [3.05, 3.63) is 33.3 Å². The van der Waals surface area contributed by atoms with E-state index < -0.39 is 8.07 Å². The standard InChI is InChI=1S/C24H43NO3SSi/c1-19(9-8-10-20(2)16-26)11-12-24(28-18-27-13-14-30(5,6)7)21(3)15-23-17-29-22(4)25-23/h11,15,17,20,24,26H,8-10,12-14,16,18H2,1-7H3/t20-,24-/m0/s1. The zero-order valence-electron chi connectivity index (χ0n) is 20.2. The average molecular weight is 454 g/mol. The van der Waals surface area contributed by atoms with E-state index in [1.54, 1.807) is 11.3 Å². The largest absolute Gasteiger partial charge is 0.396 e. The summed E-state index contributed by atoms with van der Waals surface area (Å²) in [5.41, 5.74) is 3.56. The van der Waals surface area contributed by atoms with Crippen LogP contribution in [0.3, 0.4) is 0 Å². The summed E-state index contributed by atoms with van der Waals surface area (Å²) in [7, 11) is -1.08. The van der Waals surface area contributed by atoms with Crippen LogP contribution >= 0.6 is 11.3 Å². The van der Waals surface area contributed by atoms with Crippen LogP contribution in [0.15, 0.2) is 22.6 Å². The van der Waals surface area contributed by atoms with Gasteiger partial charge in [-0.2, -0.15) is 0 Å². The van der Waals surface area contributed by atoms with Gasteiger partial charge in [0.2, 0.25) is 0 Å². The van der Waals surface area contributed by atoms with Gasteiger partial charge in [0.15, 0.2) is 0 Å². The number of allylic oxidation sites excluding steroid dienone is 1. The van der Waals surface area contributed by atoms with Crippen molar-refractivity contribution in [1.82, 2.24) is 4.98 Å². The second kappa shape index (κ2) is 14.3. The molecule has 0 aliphatic heterocycles. The summed E-state index contributed by atoms with van der Waals surface area (Å²) >= 11 is 1.67. The Morgan fingerprint density at radius 1 is 1.30 bits per heavy atom. The molecular weight excluding hydrogens is 410 g/mol. The molecule has 1 aromatic rings. The van der Waals surface area contributed by atoms with Gasteiger partial charge in [0.1, 0.15) is 6.79 Å². The van der Waals surface area contributed by atoms with Crippen molar-refractivity contribution in [2.24, 2.45) is 5.92 Å². The van der Waals surface area contributed by atoms with Gasteiger partial charge in [-0.15, -0.1) is 11.3 Å². The third-order valence-corrected chi connectivity index (χ3v) is 7.63. The highest BCUT2D eigenvalue weighted by atomic mass is 32.1. The van der Waals surface area contributed by atoms with E-state index in [1.165, 1.54) is 11.1 Å². The Balaban J connectivity index is 2.64. The SMILES string of the molecule is CC(=CC[C@H](OCOCC[Si](C)(C)C)C(C)=Cc1csc(C)n1)CCC[C@H](C)CO. The lowest BCUT2D eigenvalue weighted by Gasteiger charge is -2.19. The number of aromatic nitrogens is 1. The third-order valence-electron chi connectivity index (χ3n) is 5.13. The Hall–Kier alpha value is -0.793. The number of hydrogen-bond acceptors (Lipinski definition) is 5. The topological polar surface area (TPSA) is 51.6 Å². The molecule has 172 valence electrons. The van der Waals surface area contributed by atoms with Gasteiger partial charge in [-0.05, 0) is 70.1 Å². The molecule has 1 rings (SSSR count). The summed E-state index contributed by atoms with van der Waals surface area (Å²) in [4.78, 5) is 4.55. The van der Waals surface area contributed by atoms with Gasteiger partial charge >= 0.3 is 0 Å². The van der Waals surface area contributed by atoms with Crippen LogP contribution in [0.25, 0.3) is 6.08 Å². The van der Waals surface area contributed by atoms with Gasteiger partial charge in [-0.1, -0.05) is 38.2 Å². The first-order valence-corrected chi connectivity index (χ1v) is 15.8. The van der Waals surface area contributed by atoms with Gasteiger partial charge in [0.25, 0.3) is 0 Å². The lowest BCUT2D eigenvalue weighted by Crippen LogP contribution is -2.23. The molecule has 2 atom stereocenters. The van der Waals surface area contributed by atoms with Gasteiger partial charge in [-0.3, -0.25) is 0 Å². The van der Waals surface area contributed by atoms with E-state index in [9.17, 15) is 5.11 Å². The molecule has 0 spiro atoms. The minimum Gasteiger partial charge on any atom is -0.396 e. The number of thiazole rings is 1. The van der Waals surface area contributed by atoms with Crippen molar-refractivity contribution in [2.45, 2.75) is 85.2 Å². The van der Waals surface area contributed by atoms with E-state index in [2.05, 4.69) is 62.9 Å². The third kappa shape index (κ3) is 12.8. The number of nitrogens with zero attached hydrogens (tertiary/aromatic N) is 1. The molecule has 0 aliphatic rings. The first-order chi connectivity index (χ1) is 14.1. The van der Waals surface area contributed by atoms with Crippen LogP contribution in [-0.2, 0) is 9.47 Å². The van der Waals surface area contributed by atoms with E-state index >= 15 is 0 Å². The fourth-order valence-electron chi connectivity index (χ4n) is 2.96. The monoisotopic (exact) mass is 453 g/mol. The van der Waals surface area contributed by atoms with Crippen molar-refractivity contribution in [3.63, 3.8) is 0 Å². The maximum absolute atomic E-state index is 9.17. The Kier molecular flexibility index (Phi) is 13.0. The Labute approximate surface area is 189 Å². The predicted molar refractivity (Wildman–Crippen MR) is 133 cm³/mol. The molecule has 0 bridgehead atoms. The van der Waals surface area contributed by atoms with Crippen LogP contribution in [0.2, 0.25) is 25.7 Å². The van der Waals surface area contributed by atoms with Crippen molar-refractivity contribution >= 4 is 25.5 Å². The van der Waals surface area contributed by atoms with Gasteiger partial charge in [-0.25, -0.2) is 4.98 Å². The van der Waals surface area contributed by atoms with Gasteiger partial charge < -0.3 is 14.6 Å². The zero-order valence-corrected chi connectivity index (χ0v) is 22.0. The van der Waals surface area contributed by atoms with Crippen molar-refractivity contribution < 1.29 is 14.6 Å². The van der Waals surface area contributed by atoms with E-state index in [0.29, 0.717) is 12.7 Å². The van der Waals surface area contributed by atoms with Crippen LogP contribution in [0, 0.1) is 12.8 Å². The number of hydrogen-bond donors (Lipinski definition) is 1. The highest BCUT2D eigenvalue weighted by molar-refractivity contribution is 7.09. The predicted octanol–water partition coefficient (Wildman–Crippen LogP) is 6.69. The molecule has 0 aliphatic carbocycles.